The maximum Gasteiger partial charge on any atom is 0.202 e. The van der Waals surface area contributed by atoms with Gasteiger partial charge in [0.1, 0.15) is 0 Å². The van der Waals surface area contributed by atoms with Crippen LogP contribution in [0.5, 0.6) is 0 Å². The molecule has 0 spiro atoms. The summed E-state index contributed by atoms with van der Waals surface area (Å²) in [6, 6.07) is 28.5. The molecule has 4 heterocycles. The van der Waals surface area contributed by atoms with E-state index >= 15 is 0 Å². The Kier molecular flexibility index (Phi) is 5.38. The minimum absolute atomic E-state index is 0.0778. The van der Waals surface area contributed by atoms with Gasteiger partial charge in [-0.3, -0.25) is 9.59 Å². The Morgan fingerprint density at radius 1 is 0.450 bits per heavy atom. The number of carbonyl (C=O) groups is 2. The molecular weight excluding hydrogens is 569 g/mol. The monoisotopic (exact) mass is 588 g/mol. The summed E-state index contributed by atoms with van der Waals surface area (Å²) in [7, 11) is 0. The summed E-state index contributed by atoms with van der Waals surface area (Å²) in [5.41, 5.74) is 3.75. The van der Waals surface area contributed by atoms with E-state index in [-0.39, 0.29) is 11.6 Å². The van der Waals surface area contributed by atoms with Crippen molar-refractivity contribution >= 4 is 107 Å². The normalized spacial score (nSPS) is 11.9. The quantitative estimate of drug-likeness (QED) is 0.192. The Morgan fingerprint density at radius 3 is 1.25 bits per heavy atom. The summed E-state index contributed by atoms with van der Waals surface area (Å²) in [6.07, 6.45) is 0. The fourth-order valence-corrected chi connectivity index (χ4v) is 10.4. The van der Waals surface area contributed by atoms with E-state index in [9.17, 15) is 9.59 Å². The Morgan fingerprint density at radius 2 is 0.850 bits per heavy atom. The lowest BCUT2D eigenvalue weighted by atomic mass is 10.1. The molecule has 192 valence electrons. The molecule has 4 aromatic heterocycles. The first-order valence-electron chi connectivity index (χ1n) is 12.9. The van der Waals surface area contributed by atoms with Gasteiger partial charge < -0.3 is 0 Å². The van der Waals surface area contributed by atoms with Crippen molar-refractivity contribution in [1.82, 2.24) is 0 Å². The standard InChI is InChI=1S/C34H20O2S4/c1-17-3-7-19(8-4-17)29(35)27-15-23-25(37-27)13-11-21-31(23)39-34-22-12-14-26-24(32(22)40-33(21)34)16-28(38-26)30(36)20-9-5-18(2)6-10-20/h3-16H,1-2H3. The lowest BCUT2D eigenvalue weighted by Crippen LogP contribution is -1.97. The predicted molar refractivity (Wildman–Crippen MR) is 175 cm³/mol. The van der Waals surface area contributed by atoms with E-state index in [1.807, 2.05) is 85.1 Å². The number of hydrogen-bond acceptors (Lipinski definition) is 6. The van der Waals surface area contributed by atoms with Crippen LogP contribution in [0.3, 0.4) is 0 Å². The number of rotatable bonds is 4. The van der Waals surface area contributed by atoms with Gasteiger partial charge in [0.25, 0.3) is 0 Å². The second kappa shape index (κ2) is 8.91. The molecule has 0 saturated heterocycles. The van der Waals surface area contributed by atoms with Gasteiger partial charge in [-0.25, -0.2) is 0 Å². The van der Waals surface area contributed by atoms with Crippen molar-refractivity contribution in [1.29, 1.82) is 0 Å². The molecule has 0 fully saturated rings. The molecule has 6 heteroatoms. The van der Waals surface area contributed by atoms with Crippen molar-refractivity contribution < 1.29 is 9.59 Å². The van der Waals surface area contributed by atoms with Gasteiger partial charge >= 0.3 is 0 Å². The van der Waals surface area contributed by atoms with Gasteiger partial charge in [-0.1, -0.05) is 71.8 Å². The average molecular weight is 589 g/mol. The summed E-state index contributed by atoms with van der Waals surface area (Å²) >= 11 is 6.77. The third-order valence-electron chi connectivity index (χ3n) is 7.48. The van der Waals surface area contributed by atoms with Gasteiger partial charge in [-0.15, -0.1) is 45.3 Å². The topological polar surface area (TPSA) is 34.1 Å². The number of aryl methyl sites for hydroxylation is 2. The minimum atomic E-state index is 0.0778. The number of benzene rings is 4. The molecule has 0 aliphatic rings. The van der Waals surface area contributed by atoms with E-state index < -0.39 is 0 Å². The molecule has 4 aromatic carbocycles. The molecule has 0 amide bonds. The number of fused-ring (bicyclic) bond motifs is 9. The van der Waals surface area contributed by atoms with Crippen LogP contribution in [-0.4, -0.2) is 11.6 Å². The molecule has 40 heavy (non-hydrogen) atoms. The van der Waals surface area contributed by atoms with E-state index in [0.29, 0.717) is 0 Å². The molecule has 0 N–H and O–H groups in total. The lowest BCUT2D eigenvalue weighted by Gasteiger charge is -1.98. The molecule has 0 aliphatic heterocycles. The number of hydrogen-bond donors (Lipinski definition) is 0. The van der Waals surface area contributed by atoms with E-state index in [0.717, 1.165) is 52.2 Å². The van der Waals surface area contributed by atoms with Crippen LogP contribution in [0.4, 0.5) is 0 Å². The highest BCUT2D eigenvalue weighted by Crippen LogP contribution is 2.49. The van der Waals surface area contributed by atoms with E-state index in [4.69, 9.17) is 0 Å². The van der Waals surface area contributed by atoms with Crippen LogP contribution >= 0.6 is 45.3 Å². The number of thiophene rings is 4. The molecule has 0 aliphatic carbocycles. The average Bonchev–Trinajstić information content (AvgIpc) is 3.73. The van der Waals surface area contributed by atoms with Crippen LogP contribution < -0.4 is 0 Å². The van der Waals surface area contributed by atoms with Gasteiger partial charge in [0.05, 0.1) is 19.2 Å². The van der Waals surface area contributed by atoms with Gasteiger partial charge in [0, 0.05) is 51.5 Å². The van der Waals surface area contributed by atoms with Crippen LogP contribution in [-0.2, 0) is 0 Å². The molecule has 0 atom stereocenters. The second-order valence-electron chi connectivity index (χ2n) is 10.2. The predicted octanol–water partition coefficient (Wildman–Crippen LogP) is 10.8. The van der Waals surface area contributed by atoms with Gasteiger partial charge in [-0.2, -0.15) is 0 Å². The summed E-state index contributed by atoms with van der Waals surface area (Å²) in [4.78, 5) is 28.0. The first-order valence-corrected chi connectivity index (χ1v) is 16.2. The third kappa shape index (κ3) is 3.64. The first-order chi connectivity index (χ1) is 19.4. The summed E-state index contributed by atoms with van der Waals surface area (Å²) in [5.74, 6) is 0.156. The summed E-state index contributed by atoms with van der Waals surface area (Å²) < 4.78 is 7.31. The zero-order chi connectivity index (χ0) is 27.1. The zero-order valence-electron chi connectivity index (χ0n) is 21.5. The second-order valence-corrected chi connectivity index (χ2v) is 14.4. The van der Waals surface area contributed by atoms with Crippen LogP contribution in [0.1, 0.15) is 41.6 Å². The van der Waals surface area contributed by atoms with Crippen molar-refractivity contribution in [3.05, 3.63) is 117 Å². The highest BCUT2D eigenvalue weighted by atomic mass is 32.1. The molecule has 0 unspecified atom stereocenters. The van der Waals surface area contributed by atoms with Crippen molar-refractivity contribution in [3.8, 4) is 0 Å². The van der Waals surface area contributed by atoms with E-state index in [1.165, 1.54) is 29.6 Å². The Bertz CT molecular complexity index is 2140. The minimum Gasteiger partial charge on any atom is -0.288 e. The molecule has 8 rings (SSSR count). The van der Waals surface area contributed by atoms with Crippen molar-refractivity contribution in [2.24, 2.45) is 0 Å². The van der Waals surface area contributed by atoms with Crippen LogP contribution in [0.25, 0.3) is 49.7 Å². The maximum atomic E-state index is 13.2. The van der Waals surface area contributed by atoms with Crippen LogP contribution in [0.15, 0.2) is 84.9 Å². The molecule has 0 bridgehead atoms. The highest BCUT2D eigenvalue weighted by molar-refractivity contribution is 7.38. The third-order valence-corrected chi connectivity index (χ3v) is 12.4. The van der Waals surface area contributed by atoms with Gasteiger partial charge in [0.2, 0.25) is 11.6 Å². The highest BCUT2D eigenvalue weighted by Gasteiger charge is 2.20. The molecule has 0 saturated carbocycles. The largest absolute Gasteiger partial charge is 0.288 e. The fraction of sp³-hybridized carbons (Fsp3) is 0.0588. The van der Waals surface area contributed by atoms with E-state index in [2.05, 4.69) is 36.4 Å². The van der Waals surface area contributed by atoms with Crippen molar-refractivity contribution in [2.45, 2.75) is 13.8 Å². The SMILES string of the molecule is Cc1ccc(C(=O)c2cc3c(ccc4c3sc3c5ccc6sc(C(=O)c7ccc(C)cc7)cc6c5sc43)s2)cc1. The molecule has 2 nitrogen and oxygen atoms in total. The summed E-state index contributed by atoms with van der Waals surface area (Å²) in [5, 5.41) is 4.78. The Hall–Kier alpha value is -3.68. The molecular formula is C34H20O2S4. The Balaban J connectivity index is 1.25. The van der Waals surface area contributed by atoms with Crippen LogP contribution in [0.2, 0.25) is 0 Å². The van der Waals surface area contributed by atoms with Crippen molar-refractivity contribution in [3.63, 3.8) is 0 Å². The summed E-state index contributed by atoms with van der Waals surface area (Å²) in [6.45, 7) is 4.06. The van der Waals surface area contributed by atoms with E-state index in [1.54, 1.807) is 22.7 Å². The number of ketones is 2. The van der Waals surface area contributed by atoms with Gasteiger partial charge in [0.15, 0.2) is 0 Å². The number of carbonyl (C=O) groups excluding carboxylic acids is 2. The smallest absolute Gasteiger partial charge is 0.202 e. The zero-order valence-corrected chi connectivity index (χ0v) is 24.8. The van der Waals surface area contributed by atoms with Gasteiger partial charge in [-0.05, 0) is 38.1 Å². The Labute approximate surface area is 245 Å². The molecule has 0 radical (unpaired) electrons. The molecule has 8 aromatic rings. The van der Waals surface area contributed by atoms with Crippen molar-refractivity contribution in [2.75, 3.05) is 0 Å². The maximum absolute atomic E-state index is 13.2. The fourth-order valence-electron chi connectivity index (χ4n) is 5.32. The lowest BCUT2D eigenvalue weighted by molar-refractivity contribution is 0.103. The first kappa shape index (κ1) is 24.1. The van der Waals surface area contributed by atoms with Crippen LogP contribution in [0, 0.1) is 13.8 Å².